The van der Waals surface area contributed by atoms with Crippen LogP contribution < -0.4 is 5.32 Å². The second-order valence-electron chi connectivity index (χ2n) is 6.19. The Bertz CT molecular complexity index is 1170. The average Bonchev–Trinajstić information content (AvgIpc) is 3.40. The van der Waals surface area contributed by atoms with Crippen LogP contribution in [0.4, 0.5) is 5.82 Å². The van der Waals surface area contributed by atoms with Crippen molar-refractivity contribution in [2.24, 2.45) is 0 Å². The van der Waals surface area contributed by atoms with E-state index >= 15 is 0 Å². The first-order valence-electron chi connectivity index (χ1n) is 8.86. The van der Waals surface area contributed by atoms with Gasteiger partial charge >= 0.3 is 0 Å². The number of carbonyl (C=O) groups excluding carboxylic acids is 1. The third-order valence-electron chi connectivity index (χ3n) is 4.09. The molecule has 0 saturated carbocycles. The van der Waals surface area contributed by atoms with Crippen molar-refractivity contribution in [3.8, 4) is 17.3 Å². The number of para-hydroxylation sites is 1. The number of anilines is 1. The van der Waals surface area contributed by atoms with Crippen LogP contribution in [0.2, 0.25) is 10.0 Å². The Hall–Kier alpha value is -2.81. The van der Waals surface area contributed by atoms with Gasteiger partial charge in [-0.15, -0.1) is 10.2 Å². The van der Waals surface area contributed by atoms with Gasteiger partial charge in [0.15, 0.2) is 16.7 Å². The number of pyridine rings is 1. The number of carbonyl (C=O) groups is 1. The molecular weight excluding hydrogens is 445 g/mol. The predicted molar refractivity (Wildman–Crippen MR) is 117 cm³/mol. The standard InChI is InChI=1S/C20H15Cl2N5O2S/c1-12(19(28)24-17-15(22)10-13(21)11-23-17)30-20-26-25-18(16-8-5-9-29-16)27(20)14-6-3-2-4-7-14/h2-12H,1H3,(H,23,24,28)/t12-/m1/s1. The zero-order valence-electron chi connectivity index (χ0n) is 15.6. The average molecular weight is 460 g/mol. The minimum absolute atomic E-state index is 0.249. The summed E-state index contributed by atoms with van der Waals surface area (Å²) < 4.78 is 7.35. The quantitative estimate of drug-likeness (QED) is 0.391. The number of hydrogen-bond donors (Lipinski definition) is 1. The van der Waals surface area contributed by atoms with Gasteiger partial charge in [-0.25, -0.2) is 4.98 Å². The molecule has 152 valence electrons. The van der Waals surface area contributed by atoms with E-state index in [1.807, 2.05) is 41.0 Å². The smallest absolute Gasteiger partial charge is 0.238 e. The number of furan rings is 1. The SMILES string of the molecule is C[C@@H](Sc1nnc(-c2ccco2)n1-c1ccccc1)C(=O)Nc1ncc(Cl)cc1Cl. The summed E-state index contributed by atoms with van der Waals surface area (Å²) in [7, 11) is 0. The van der Waals surface area contributed by atoms with Gasteiger partial charge in [0.2, 0.25) is 11.7 Å². The van der Waals surface area contributed by atoms with Crippen molar-refractivity contribution in [1.82, 2.24) is 19.7 Å². The number of benzene rings is 1. The van der Waals surface area contributed by atoms with Gasteiger partial charge < -0.3 is 9.73 Å². The zero-order valence-corrected chi connectivity index (χ0v) is 17.9. The molecule has 0 aliphatic heterocycles. The van der Waals surface area contributed by atoms with E-state index in [1.54, 1.807) is 19.3 Å². The lowest BCUT2D eigenvalue weighted by Crippen LogP contribution is -2.23. The molecule has 4 aromatic rings. The summed E-state index contributed by atoms with van der Waals surface area (Å²) in [6, 6.07) is 14.7. The van der Waals surface area contributed by atoms with E-state index in [4.69, 9.17) is 27.6 Å². The number of thioether (sulfide) groups is 1. The summed E-state index contributed by atoms with van der Waals surface area (Å²) in [6.07, 6.45) is 2.99. The van der Waals surface area contributed by atoms with Crippen molar-refractivity contribution < 1.29 is 9.21 Å². The van der Waals surface area contributed by atoms with E-state index in [1.165, 1.54) is 24.0 Å². The molecule has 7 nitrogen and oxygen atoms in total. The largest absolute Gasteiger partial charge is 0.461 e. The van der Waals surface area contributed by atoms with E-state index in [0.717, 1.165) is 5.69 Å². The molecule has 0 saturated heterocycles. The maximum absolute atomic E-state index is 12.7. The molecule has 0 aliphatic rings. The third-order valence-corrected chi connectivity index (χ3v) is 5.63. The van der Waals surface area contributed by atoms with Gasteiger partial charge in [0.05, 0.1) is 21.6 Å². The third kappa shape index (κ3) is 4.35. The Morgan fingerprint density at radius 2 is 1.97 bits per heavy atom. The minimum Gasteiger partial charge on any atom is -0.461 e. The van der Waals surface area contributed by atoms with Crippen LogP contribution in [-0.4, -0.2) is 30.9 Å². The van der Waals surface area contributed by atoms with Gasteiger partial charge in [0.25, 0.3) is 0 Å². The van der Waals surface area contributed by atoms with Crippen LogP contribution in [0.1, 0.15) is 6.92 Å². The monoisotopic (exact) mass is 459 g/mol. The van der Waals surface area contributed by atoms with Crippen molar-refractivity contribution in [3.05, 3.63) is 71.0 Å². The molecule has 0 fully saturated rings. The molecule has 0 bridgehead atoms. The number of rotatable bonds is 6. The maximum Gasteiger partial charge on any atom is 0.238 e. The number of aromatic nitrogens is 4. The van der Waals surface area contributed by atoms with Crippen LogP contribution in [0.5, 0.6) is 0 Å². The second-order valence-corrected chi connectivity index (χ2v) is 8.34. The molecular formula is C20H15Cl2N5O2S. The normalized spacial score (nSPS) is 12.0. The summed E-state index contributed by atoms with van der Waals surface area (Å²) in [5.41, 5.74) is 0.853. The molecule has 10 heteroatoms. The fourth-order valence-electron chi connectivity index (χ4n) is 2.66. The topological polar surface area (TPSA) is 85.8 Å². The summed E-state index contributed by atoms with van der Waals surface area (Å²) in [5, 5.41) is 12.0. The number of amides is 1. The molecule has 1 aromatic carbocycles. The van der Waals surface area contributed by atoms with Crippen LogP contribution in [0.25, 0.3) is 17.3 Å². The van der Waals surface area contributed by atoms with Crippen molar-refractivity contribution in [2.45, 2.75) is 17.3 Å². The van der Waals surface area contributed by atoms with Crippen LogP contribution in [0.15, 0.2) is 70.6 Å². The molecule has 1 atom stereocenters. The molecule has 0 aliphatic carbocycles. The maximum atomic E-state index is 12.7. The Balaban J connectivity index is 1.60. The van der Waals surface area contributed by atoms with Crippen molar-refractivity contribution in [3.63, 3.8) is 0 Å². The van der Waals surface area contributed by atoms with Gasteiger partial charge in [0.1, 0.15) is 0 Å². The van der Waals surface area contributed by atoms with E-state index in [9.17, 15) is 4.79 Å². The lowest BCUT2D eigenvalue weighted by atomic mass is 10.3. The lowest BCUT2D eigenvalue weighted by molar-refractivity contribution is -0.115. The highest BCUT2D eigenvalue weighted by molar-refractivity contribution is 8.00. The molecule has 1 amide bonds. The Kier molecular flexibility index (Phi) is 6.08. The number of hydrogen-bond acceptors (Lipinski definition) is 6. The van der Waals surface area contributed by atoms with Crippen LogP contribution in [0.3, 0.4) is 0 Å². The molecule has 4 rings (SSSR count). The second kappa shape index (κ2) is 8.91. The first-order valence-corrected chi connectivity index (χ1v) is 10.5. The summed E-state index contributed by atoms with van der Waals surface area (Å²) in [5.74, 6) is 1.09. The number of nitrogens with zero attached hydrogens (tertiary/aromatic N) is 4. The summed E-state index contributed by atoms with van der Waals surface area (Å²) in [6.45, 7) is 1.76. The van der Waals surface area contributed by atoms with Gasteiger partial charge in [-0.1, -0.05) is 53.2 Å². The first kappa shape index (κ1) is 20.5. The molecule has 30 heavy (non-hydrogen) atoms. The summed E-state index contributed by atoms with van der Waals surface area (Å²) in [4.78, 5) is 16.8. The van der Waals surface area contributed by atoms with Crippen LogP contribution in [0, 0.1) is 0 Å². The molecule has 0 radical (unpaired) electrons. The lowest BCUT2D eigenvalue weighted by Gasteiger charge is -2.13. The fourth-order valence-corrected chi connectivity index (χ4v) is 3.95. The first-order chi connectivity index (χ1) is 14.5. The Labute approximate surface area is 186 Å². The van der Waals surface area contributed by atoms with Gasteiger partial charge in [-0.05, 0) is 37.3 Å². The Morgan fingerprint density at radius 1 is 1.17 bits per heavy atom. The number of nitrogens with one attached hydrogen (secondary N) is 1. The van der Waals surface area contributed by atoms with E-state index in [-0.39, 0.29) is 16.7 Å². The van der Waals surface area contributed by atoms with Gasteiger partial charge in [-0.2, -0.15) is 0 Å². The molecule has 0 spiro atoms. The molecule has 3 heterocycles. The van der Waals surface area contributed by atoms with Gasteiger partial charge in [0, 0.05) is 11.9 Å². The molecule has 3 aromatic heterocycles. The van der Waals surface area contributed by atoms with Crippen LogP contribution in [-0.2, 0) is 4.79 Å². The fraction of sp³-hybridized carbons (Fsp3) is 0.100. The number of halogens is 2. The van der Waals surface area contributed by atoms with Crippen molar-refractivity contribution in [2.75, 3.05) is 5.32 Å². The highest BCUT2D eigenvalue weighted by Gasteiger charge is 2.23. The van der Waals surface area contributed by atoms with Crippen molar-refractivity contribution in [1.29, 1.82) is 0 Å². The van der Waals surface area contributed by atoms with Gasteiger partial charge in [-0.3, -0.25) is 9.36 Å². The zero-order chi connectivity index (χ0) is 21.1. The minimum atomic E-state index is -0.505. The van der Waals surface area contributed by atoms with Crippen LogP contribution >= 0.6 is 35.0 Å². The summed E-state index contributed by atoms with van der Waals surface area (Å²) >= 11 is 13.2. The highest BCUT2D eigenvalue weighted by atomic mass is 35.5. The Morgan fingerprint density at radius 3 is 2.67 bits per heavy atom. The predicted octanol–water partition coefficient (Wildman–Crippen LogP) is 5.35. The van der Waals surface area contributed by atoms with E-state index in [0.29, 0.717) is 21.8 Å². The molecule has 0 unspecified atom stereocenters. The van der Waals surface area contributed by atoms with Crippen molar-refractivity contribution >= 4 is 46.7 Å². The highest BCUT2D eigenvalue weighted by Crippen LogP contribution is 2.31. The van der Waals surface area contributed by atoms with E-state index < -0.39 is 5.25 Å². The van der Waals surface area contributed by atoms with E-state index in [2.05, 4.69) is 20.5 Å². The molecule has 1 N–H and O–H groups in total.